The number of nitrogens with one attached hydrogen (secondary N) is 1. The molecule has 0 unspecified atom stereocenters. The van der Waals surface area contributed by atoms with Crippen molar-refractivity contribution < 1.29 is 19.1 Å². The van der Waals surface area contributed by atoms with Crippen molar-refractivity contribution >= 4 is 23.5 Å². The molecule has 0 radical (unpaired) electrons. The molecule has 5 nitrogen and oxygen atoms in total. The zero-order valence-corrected chi connectivity index (χ0v) is 14.7. The van der Waals surface area contributed by atoms with Crippen LogP contribution < -0.4 is 10.1 Å². The lowest BCUT2D eigenvalue weighted by atomic mass is 10.1. The van der Waals surface area contributed by atoms with Crippen LogP contribution in [0, 0.1) is 0 Å². The van der Waals surface area contributed by atoms with Crippen LogP contribution in [-0.4, -0.2) is 31.6 Å². The number of rotatable bonds is 8. The molecule has 1 N–H and O–H groups in total. The van der Waals surface area contributed by atoms with Crippen molar-refractivity contribution in [1.29, 1.82) is 0 Å². The maximum atomic E-state index is 11.9. The molecule has 0 aromatic heterocycles. The number of amides is 1. The fourth-order valence-electron chi connectivity index (χ4n) is 2.16. The molecular weight excluding hydrogens is 342 g/mol. The summed E-state index contributed by atoms with van der Waals surface area (Å²) in [5.41, 5.74) is 1.39. The van der Waals surface area contributed by atoms with Crippen molar-refractivity contribution in [2.45, 2.75) is 13.3 Å². The average Bonchev–Trinajstić information content (AvgIpc) is 2.62. The molecule has 0 heterocycles. The van der Waals surface area contributed by atoms with Crippen LogP contribution in [0.15, 0.2) is 48.5 Å². The van der Waals surface area contributed by atoms with Crippen LogP contribution in [0.3, 0.4) is 0 Å². The third-order valence-corrected chi connectivity index (χ3v) is 3.64. The first kappa shape index (κ1) is 18.8. The van der Waals surface area contributed by atoms with Gasteiger partial charge < -0.3 is 14.8 Å². The summed E-state index contributed by atoms with van der Waals surface area (Å²) < 4.78 is 10.4. The van der Waals surface area contributed by atoms with Gasteiger partial charge in [0.05, 0.1) is 6.61 Å². The molecule has 0 atom stereocenters. The van der Waals surface area contributed by atoms with Gasteiger partial charge in [0.1, 0.15) is 11.3 Å². The van der Waals surface area contributed by atoms with E-state index in [1.807, 2.05) is 24.3 Å². The summed E-state index contributed by atoms with van der Waals surface area (Å²) in [5.74, 6) is -0.400. The van der Waals surface area contributed by atoms with Gasteiger partial charge in [-0.15, -0.1) is 0 Å². The molecule has 0 aliphatic carbocycles. The third-order valence-electron chi connectivity index (χ3n) is 3.39. The zero-order chi connectivity index (χ0) is 18.1. The van der Waals surface area contributed by atoms with Crippen molar-refractivity contribution in [3.63, 3.8) is 0 Å². The predicted octanol–water partition coefficient (Wildman–Crippen LogP) is 3.25. The normalized spacial score (nSPS) is 10.2. The van der Waals surface area contributed by atoms with Crippen molar-refractivity contribution in [1.82, 2.24) is 5.32 Å². The van der Waals surface area contributed by atoms with E-state index in [1.165, 1.54) is 0 Å². The summed E-state index contributed by atoms with van der Waals surface area (Å²) >= 11 is 5.83. The highest BCUT2D eigenvalue weighted by atomic mass is 35.5. The van der Waals surface area contributed by atoms with Crippen molar-refractivity contribution in [2.75, 3.05) is 19.8 Å². The zero-order valence-electron chi connectivity index (χ0n) is 14.0. The molecule has 2 aromatic rings. The molecule has 0 saturated heterocycles. The van der Waals surface area contributed by atoms with E-state index in [0.29, 0.717) is 29.3 Å². The average molecular weight is 362 g/mol. The Morgan fingerprint density at radius 1 is 1.08 bits per heavy atom. The molecule has 0 saturated carbocycles. The van der Waals surface area contributed by atoms with Crippen LogP contribution in [0.25, 0.3) is 0 Å². The lowest BCUT2D eigenvalue weighted by Crippen LogP contribution is -2.30. The maximum Gasteiger partial charge on any atom is 0.341 e. The number of carbonyl (C=O) groups excluding carboxylic acids is 2. The predicted molar refractivity (Wildman–Crippen MR) is 96.1 cm³/mol. The van der Waals surface area contributed by atoms with Gasteiger partial charge in [-0.05, 0) is 43.2 Å². The number of benzene rings is 2. The Morgan fingerprint density at radius 3 is 2.52 bits per heavy atom. The van der Waals surface area contributed by atoms with E-state index in [4.69, 9.17) is 21.1 Å². The highest BCUT2D eigenvalue weighted by molar-refractivity contribution is 6.30. The molecule has 1 amide bonds. The van der Waals surface area contributed by atoms with E-state index in [9.17, 15) is 9.59 Å². The minimum absolute atomic E-state index is 0.170. The van der Waals surface area contributed by atoms with Gasteiger partial charge >= 0.3 is 5.97 Å². The molecule has 0 spiro atoms. The molecule has 0 aliphatic rings. The molecule has 2 rings (SSSR count). The van der Waals surface area contributed by atoms with Crippen molar-refractivity contribution in [3.8, 4) is 5.75 Å². The number of esters is 1. The van der Waals surface area contributed by atoms with Crippen LogP contribution in [-0.2, 0) is 16.0 Å². The first-order valence-corrected chi connectivity index (χ1v) is 8.38. The molecule has 2 aromatic carbocycles. The van der Waals surface area contributed by atoms with Crippen LogP contribution in [0.5, 0.6) is 5.75 Å². The quantitative estimate of drug-likeness (QED) is 0.733. The SMILES string of the molecule is CCOC(=O)c1ccccc1OCC(=O)NCCc1ccc(Cl)cc1. The van der Waals surface area contributed by atoms with Gasteiger partial charge in [-0.25, -0.2) is 4.79 Å². The monoisotopic (exact) mass is 361 g/mol. The van der Waals surface area contributed by atoms with E-state index >= 15 is 0 Å². The Balaban J connectivity index is 1.80. The Hall–Kier alpha value is -2.53. The summed E-state index contributed by atoms with van der Waals surface area (Å²) in [5, 5.41) is 3.46. The van der Waals surface area contributed by atoms with Crippen LogP contribution >= 0.6 is 11.6 Å². The highest BCUT2D eigenvalue weighted by Crippen LogP contribution is 2.18. The molecule has 0 aliphatic heterocycles. The summed E-state index contributed by atoms with van der Waals surface area (Å²) in [4.78, 5) is 23.7. The highest BCUT2D eigenvalue weighted by Gasteiger charge is 2.14. The van der Waals surface area contributed by atoms with E-state index in [0.717, 1.165) is 5.56 Å². The van der Waals surface area contributed by atoms with Gasteiger partial charge in [-0.1, -0.05) is 35.9 Å². The molecule has 132 valence electrons. The number of ether oxygens (including phenoxy) is 2. The second-order valence-electron chi connectivity index (χ2n) is 5.23. The second kappa shape index (κ2) is 9.69. The Labute approximate surface area is 151 Å². The van der Waals surface area contributed by atoms with E-state index in [2.05, 4.69) is 5.32 Å². The van der Waals surface area contributed by atoms with Gasteiger partial charge in [-0.3, -0.25) is 4.79 Å². The minimum atomic E-state index is -0.471. The smallest absolute Gasteiger partial charge is 0.341 e. The van der Waals surface area contributed by atoms with Gasteiger partial charge in [-0.2, -0.15) is 0 Å². The maximum absolute atomic E-state index is 11.9. The topological polar surface area (TPSA) is 64.6 Å². The lowest BCUT2D eigenvalue weighted by molar-refractivity contribution is -0.123. The Morgan fingerprint density at radius 2 is 1.80 bits per heavy atom. The lowest BCUT2D eigenvalue weighted by Gasteiger charge is -2.11. The van der Waals surface area contributed by atoms with Crippen LogP contribution in [0.4, 0.5) is 0 Å². The first-order valence-electron chi connectivity index (χ1n) is 8.00. The summed E-state index contributed by atoms with van der Waals surface area (Å²) in [6.07, 6.45) is 0.697. The number of halogens is 1. The third kappa shape index (κ3) is 6.12. The molecule has 25 heavy (non-hydrogen) atoms. The second-order valence-corrected chi connectivity index (χ2v) is 5.67. The van der Waals surface area contributed by atoms with Crippen LogP contribution in [0.1, 0.15) is 22.8 Å². The molecular formula is C19H20ClNO4. The fraction of sp³-hybridized carbons (Fsp3) is 0.263. The van der Waals surface area contributed by atoms with Crippen LogP contribution in [0.2, 0.25) is 5.02 Å². The fourth-order valence-corrected chi connectivity index (χ4v) is 2.29. The summed E-state index contributed by atoms with van der Waals surface area (Å²) in [6.45, 7) is 2.33. The van der Waals surface area contributed by atoms with Gasteiger partial charge in [0.15, 0.2) is 6.61 Å². The number of hydrogen-bond acceptors (Lipinski definition) is 4. The molecule has 0 bridgehead atoms. The summed E-state index contributed by atoms with van der Waals surface area (Å²) in [7, 11) is 0. The van der Waals surface area contributed by atoms with E-state index in [-0.39, 0.29) is 19.1 Å². The first-order chi connectivity index (χ1) is 12.1. The van der Waals surface area contributed by atoms with E-state index in [1.54, 1.807) is 31.2 Å². The summed E-state index contributed by atoms with van der Waals surface area (Å²) in [6, 6.07) is 14.1. The molecule has 0 fully saturated rings. The van der Waals surface area contributed by atoms with Crippen molar-refractivity contribution in [2.24, 2.45) is 0 Å². The largest absolute Gasteiger partial charge is 0.483 e. The Kier molecular flexibility index (Phi) is 7.29. The van der Waals surface area contributed by atoms with Gasteiger partial charge in [0.25, 0.3) is 5.91 Å². The Bertz CT molecular complexity index is 716. The van der Waals surface area contributed by atoms with Gasteiger partial charge in [0.2, 0.25) is 0 Å². The molecule has 6 heteroatoms. The number of para-hydroxylation sites is 1. The number of hydrogen-bond donors (Lipinski definition) is 1. The van der Waals surface area contributed by atoms with E-state index < -0.39 is 5.97 Å². The number of carbonyl (C=O) groups is 2. The van der Waals surface area contributed by atoms with Gasteiger partial charge in [0, 0.05) is 11.6 Å². The standard InChI is InChI=1S/C19H20ClNO4/c1-2-24-19(23)16-5-3-4-6-17(16)25-13-18(22)21-12-11-14-7-9-15(20)10-8-14/h3-10H,2,11-13H2,1H3,(H,21,22). The minimum Gasteiger partial charge on any atom is -0.483 e. The van der Waals surface area contributed by atoms with Crippen molar-refractivity contribution in [3.05, 3.63) is 64.7 Å².